The van der Waals surface area contributed by atoms with E-state index in [1.54, 1.807) is 23.2 Å². The second-order valence-electron chi connectivity index (χ2n) is 6.13. The number of carbonyl (C=O) groups is 1. The smallest absolute Gasteiger partial charge is 0.247 e. The summed E-state index contributed by atoms with van der Waals surface area (Å²) < 4.78 is 0. The third-order valence-corrected chi connectivity index (χ3v) is 4.32. The highest BCUT2D eigenvalue weighted by Gasteiger charge is 2.36. The molecular formula is C20H22N2O2. The Hall–Kier alpha value is -2.46. The predicted octanol–water partition coefficient (Wildman–Crippen LogP) is 2.89. The van der Waals surface area contributed by atoms with Gasteiger partial charge in [-0.15, -0.1) is 0 Å². The van der Waals surface area contributed by atoms with E-state index in [2.05, 4.69) is 4.98 Å². The molecule has 0 saturated heterocycles. The topological polar surface area (TPSA) is 53.4 Å². The molecule has 0 radical (unpaired) electrons. The third kappa shape index (κ3) is 4.30. The van der Waals surface area contributed by atoms with Crippen molar-refractivity contribution in [3.63, 3.8) is 0 Å². The van der Waals surface area contributed by atoms with Crippen LogP contribution in [0.1, 0.15) is 24.1 Å². The molecule has 1 aromatic carbocycles. The van der Waals surface area contributed by atoms with Crippen molar-refractivity contribution in [2.75, 3.05) is 6.61 Å². The van der Waals surface area contributed by atoms with Gasteiger partial charge in [-0.3, -0.25) is 9.78 Å². The highest BCUT2D eigenvalue weighted by molar-refractivity contribution is 5.91. The van der Waals surface area contributed by atoms with Crippen LogP contribution in [-0.4, -0.2) is 33.5 Å². The van der Waals surface area contributed by atoms with Gasteiger partial charge in [-0.2, -0.15) is 0 Å². The minimum atomic E-state index is -0.119. The zero-order chi connectivity index (χ0) is 16.8. The minimum absolute atomic E-state index is 0.000662. The van der Waals surface area contributed by atoms with E-state index < -0.39 is 0 Å². The molecule has 3 rings (SSSR count). The summed E-state index contributed by atoms with van der Waals surface area (Å²) in [6.07, 6.45) is 7.13. The van der Waals surface area contributed by atoms with Crippen molar-refractivity contribution in [2.24, 2.45) is 5.92 Å². The Morgan fingerprint density at radius 3 is 2.58 bits per heavy atom. The van der Waals surface area contributed by atoms with Crippen molar-refractivity contribution in [3.05, 3.63) is 72.1 Å². The molecule has 1 amide bonds. The number of aliphatic hydroxyl groups is 1. The fourth-order valence-electron chi connectivity index (χ4n) is 2.85. The van der Waals surface area contributed by atoms with Crippen LogP contribution in [0.15, 0.2) is 60.8 Å². The zero-order valence-corrected chi connectivity index (χ0v) is 13.6. The van der Waals surface area contributed by atoms with Gasteiger partial charge in [0.25, 0.3) is 0 Å². The molecule has 1 aliphatic rings. The maximum Gasteiger partial charge on any atom is 0.247 e. The van der Waals surface area contributed by atoms with Crippen molar-refractivity contribution in [2.45, 2.75) is 25.4 Å². The molecule has 2 aromatic rings. The number of amides is 1. The van der Waals surface area contributed by atoms with E-state index in [1.165, 1.54) is 0 Å². The second kappa shape index (κ2) is 7.88. The lowest BCUT2D eigenvalue weighted by Gasteiger charge is -2.30. The van der Waals surface area contributed by atoms with Crippen LogP contribution in [-0.2, 0) is 11.3 Å². The SMILES string of the molecule is O=C(/C=C/c1ccccn1)N(Cc1ccccc1)C(CO)C1CC1. The molecule has 1 fully saturated rings. The average Bonchev–Trinajstić information content (AvgIpc) is 3.46. The first-order valence-corrected chi connectivity index (χ1v) is 8.32. The maximum atomic E-state index is 12.8. The number of benzene rings is 1. The lowest BCUT2D eigenvalue weighted by atomic mass is 10.1. The highest BCUT2D eigenvalue weighted by Crippen LogP contribution is 2.36. The number of hydrogen-bond acceptors (Lipinski definition) is 3. The fraction of sp³-hybridized carbons (Fsp3) is 0.300. The molecule has 1 saturated carbocycles. The molecule has 1 atom stereocenters. The lowest BCUT2D eigenvalue weighted by molar-refractivity contribution is -0.130. The zero-order valence-electron chi connectivity index (χ0n) is 13.6. The minimum Gasteiger partial charge on any atom is -0.394 e. The Kier molecular flexibility index (Phi) is 5.39. The maximum absolute atomic E-state index is 12.8. The number of carbonyl (C=O) groups excluding carboxylic acids is 1. The van der Waals surface area contributed by atoms with E-state index in [1.807, 2.05) is 48.5 Å². The molecule has 4 heteroatoms. The Morgan fingerprint density at radius 2 is 1.96 bits per heavy atom. The van der Waals surface area contributed by atoms with Crippen LogP contribution in [0, 0.1) is 5.92 Å². The molecule has 4 nitrogen and oxygen atoms in total. The van der Waals surface area contributed by atoms with Gasteiger partial charge in [-0.05, 0) is 42.5 Å². The first-order chi connectivity index (χ1) is 11.8. The van der Waals surface area contributed by atoms with Gasteiger partial charge in [0.15, 0.2) is 0 Å². The lowest BCUT2D eigenvalue weighted by Crippen LogP contribution is -2.42. The van der Waals surface area contributed by atoms with Crippen LogP contribution < -0.4 is 0 Å². The third-order valence-electron chi connectivity index (χ3n) is 4.32. The molecule has 1 aliphatic carbocycles. The summed E-state index contributed by atoms with van der Waals surface area (Å²) in [6.45, 7) is 0.509. The standard InChI is InChI=1S/C20H22N2O2/c23-15-19(17-9-10-17)22(14-16-6-2-1-3-7-16)20(24)12-11-18-8-4-5-13-21-18/h1-8,11-13,17,19,23H,9-10,14-15H2/b12-11+. The van der Waals surface area contributed by atoms with Crippen molar-refractivity contribution >= 4 is 12.0 Å². The van der Waals surface area contributed by atoms with E-state index in [4.69, 9.17) is 0 Å². The average molecular weight is 322 g/mol. The van der Waals surface area contributed by atoms with Gasteiger partial charge in [0.2, 0.25) is 5.91 Å². The number of aliphatic hydroxyl groups excluding tert-OH is 1. The number of rotatable bonds is 7. The Bertz CT molecular complexity index is 681. The van der Waals surface area contributed by atoms with Crippen molar-refractivity contribution in [1.29, 1.82) is 0 Å². The Balaban J connectivity index is 1.77. The van der Waals surface area contributed by atoms with E-state index in [0.29, 0.717) is 12.5 Å². The fourth-order valence-corrected chi connectivity index (χ4v) is 2.85. The summed E-state index contributed by atoms with van der Waals surface area (Å²) in [7, 11) is 0. The monoisotopic (exact) mass is 322 g/mol. The molecule has 1 N–H and O–H groups in total. The molecular weight excluding hydrogens is 300 g/mol. The summed E-state index contributed by atoms with van der Waals surface area (Å²) >= 11 is 0. The van der Waals surface area contributed by atoms with Gasteiger partial charge in [0.1, 0.15) is 0 Å². The summed E-state index contributed by atoms with van der Waals surface area (Å²) in [4.78, 5) is 18.7. The Morgan fingerprint density at radius 1 is 1.21 bits per heavy atom. The van der Waals surface area contributed by atoms with Gasteiger partial charge in [-0.25, -0.2) is 0 Å². The largest absolute Gasteiger partial charge is 0.394 e. The normalized spacial score (nSPS) is 15.4. The van der Waals surface area contributed by atoms with E-state index in [0.717, 1.165) is 24.1 Å². The Labute approximate surface area is 142 Å². The summed E-state index contributed by atoms with van der Waals surface area (Å²) in [5.41, 5.74) is 1.81. The van der Waals surface area contributed by atoms with Crippen LogP contribution in [0.3, 0.4) is 0 Å². The highest BCUT2D eigenvalue weighted by atomic mass is 16.3. The van der Waals surface area contributed by atoms with E-state index >= 15 is 0 Å². The van der Waals surface area contributed by atoms with Crippen molar-refractivity contribution in [1.82, 2.24) is 9.88 Å². The second-order valence-corrected chi connectivity index (χ2v) is 6.13. The number of pyridine rings is 1. The van der Waals surface area contributed by atoms with Crippen LogP contribution in [0.4, 0.5) is 0 Å². The first-order valence-electron chi connectivity index (χ1n) is 8.32. The molecule has 0 spiro atoms. The van der Waals surface area contributed by atoms with E-state index in [-0.39, 0.29) is 18.6 Å². The molecule has 0 bridgehead atoms. The summed E-state index contributed by atoms with van der Waals surface area (Å²) in [5, 5.41) is 9.79. The van der Waals surface area contributed by atoms with Crippen LogP contribution in [0.25, 0.3) is 6.08 Å². The van der Waals surface area contributed by atoms with Crippen LogP contribution in [0.5, 0.6) is 0 Å². The van der Waals surface area contributed by atoms with Crippen LogP contribution in [0.2, 0.25) is 0 Å². The van der Waals surface area contributed by atoms with Gasteiger partial charge in [0.05, 0.1) is 18.3 Å². The predicted molar refractivity (Wildman–Crippen MR) is 93.9 cm³/mol. The molecule has 24 heavy (non-hydrogen) atoms. The van der Waals surface area contributed by atoms with E-state index in [9.17, 15) is 9.90 Å². The summed E-state index contributed by atoms with van der Waals surface area (Å²) in [5.74, 6) is 0.321. The molecule has 1 heterocycles. The van der Waals surface area contributed by atoms with Crippen molar-refractivity contribution < 1.29 is 9.90 Å². The first kappa shape index (κ1) is 16.4. The van der Waals surface area contributed by atoms with Gasteiger partial charge >= 0.3 is 0 Å². The van der Waals surface area contributed by atoms with Crippen molar-refractivity contribution in [3.8, 4) is 0 Å². The van der Waals surface area contributed by atoms with Gasteiger partial charge in [-0.1, -0.05) is 36.4 Å². The number of aromatic nitrogens is 1. The van der Waals surface area contributed by atoms with Crippen LogP contribution >= 0.6 is 0 Å². The molecule has 1 unspecified atom stereocenters. The summed E-state index contributed by atoms with van der Waals surface area (Å²) in [6, 6.07) is 15.4. The van der Waals surface area contributed by atoms with Gasteiger partial charge in [0, 0.05) is 18.8 Å². The molecule has 0 aliphatic heterocycles. The molecule has 124 valence electrons. The number of nitrogens with zero attached hydrogens (tertiary/aromatic N) is 2. The molecule has 1 aromatic heterocycles. The quantitative estimate of drug-likeness (QED) is 0.798. The van der Waals surface area contributed by atoms with Gasteiger partial charge < -0.3 is 10.0 Å². The number of hydrogen-bond donors (Lipinski definition) is 1.